The van der Waals surface area contributed by atoms with E-state index in [1.165, 1.54) is 0 Å². The molecule has 3 nitrogen and oxygen atoms in total. The van der Waals surface area contributed by atoms with Crippen LogP contribution in [0.4, 0.5) is 5.69 Å². The first kappa shape index (κ1) is 20.2. The number of carbonyl (C=O) groups is 1. The molecule has 24 heavy (non-hydrogen) atoms. The molecule has 0 unspecified atom stereocenters. The Labute approximate surface area is 178 Å². The van der Waals surface area contributed by atoms with Crippen LogP contribution < -0.4 is 10.6 Å². The van der Waals surface area contributed by atoms with Crippen LogP contribution in [0.2, 0.25) is 10.0 Å². The second kappa shape index (κ2) is 8.52. The van der Waals surface area contributed by atoms with Gasteiger partial charge in [-0.25, -0.2) is 0 Å². The van der Waals surface area contributed by atoms with Gasteiger partial charge >= 0.3 is 0 Å². The van der Waals surface area contributed by atoms with E-state index in [2.05, 4.69) is 33.2 Å². The summed E-state index contributed by atoms with van der Waals surface area (Å²) in [5, 5.41) is 6.36. The zero-order chi connectivity index (χ0) is 17.9. The molecule has 1 atom stereocenters. The summed E-state index contributed by atoms with van der Waals surface area (Å²) >= 11 is 32.0. The van der Waals surface area contributed by atoms with E-state index < -0.39 is 9.96 Å². The molecule has 0 bridgehead atoms. The van der Waals surface area contributed by atoms with Crippen molar-refractivity contribution in [1.29, 1.82) is 0 Å². The highest BCUT2D eigenvalue weighted by molar-refractivity contribution is 14.1. The number of halogens is 6. The summed E-state index contributed by atoms with van der Waals surface area (Å²) in [7, 11) is 0. The summed E-state index contributed by atoms with van der Waals surface area (Å²) in [6.07, 6.45) is -1.01. The summed E-state index contributed by atoms with van der Waals surface area (Å²) in [5.74, 6) is -0.389. The summed E-state index contributed by atoms with van der Waals surface area (Å²) in [4.78, 5) is 12.4. The van der Waals surface area contributed by atoms with Crippen molar-refractivity contribution in [2.24, 2.45) is 0 Å². The lowest BCUT2D eigenvalue weighted by molar-refractivity contribution is 0.0942. The van der Waals surface area contributed by atoms with Crippen molar-refractivity contribution in [1.82, 2.24) is 5.32 Å². The second-order valence-corrected chi connectivity index (χ2v) is 9.18. The van der Waals surface area contributed by atoms with E-state index in [4.69, 9.17) is 58.0 Å². The van der Waals surface area contributed by atoms with Crippen LogP contribution in [0.1, 0.15) is 10.4 Å². The van der Waals surface area contributed by atoms with Crippen LogP contribution in [-0.4, -0.2) is 15.9 Å². The number of hydrogen-bond donors (Lipinski definition) is 2. The molecule has 0 aliphatic carbocycles. The quantitative estimate of drug-likeness (QED) is 0.279. The van der Waals surface area contributed by atoms with Gasteiger partial charge in [-0.05, 0) is 65.1 Å². The van der Waals surface area contributed by atoms with Crippen molar-refractivity contribution < 1.29 is 4.79 Å². The molecule has 2 rings (SSSR count). The highest BCUT2D eigenvalue weighted by Gasteiger charge is 2.34. The summed E-state index contributed by atoms with van der Waals surface area (Å²) in [6, 6.07) is 11.8. The molecule has 0 fully saturated rings. The number of amides is 1. The maximum atomic E-state index is 12.4. The molecule has 0 aliphatic rings. The summed E-state index contributed by atoms with van der Waals surface area (Å²) in [5.41, 5.74) is 0.916. The van der Waals surface area contributed by atoms with Gasteiger partial charge in [0.1, 0.15) is 6.17 Å². The Bertz CT molecular complexity index is 734. The minimum atomic E-state index is -1.80. The molecule has 0 aromatic heterocycles. The van der Waals surface area contributed by atoms with Gasteiger partial charge in [-0.3, -0.25) is 4.79 Å². The van der Waals surface area contributed by atoms with Crippen LogP contribution >= 0.6 is 80.6 Å². The second-order valence-electron chi connectivity index (χ2n) is 4.72. The number of anilines is 1. The zero-order valence-electron chi connectivity index (χ0n) is 11.8. The Morgan fingerprint density at radius 1 is 1.04 bits per heavy atom. The number of benzene rings is 2. The molecule has 9 heteroatoms. The van der Waals surface area contributed by atoms with E-state index in [0.717, 1.165) is 3.57 Å². The Morgan fingerprint density at radius 2 is 1.67 bits per heavy atom. The third kappa shape index (κ3) is 5.71. The number of carbonyl (C=O) groups excluding carboxylic acids is 1. The predicted molar refractivity (Wildman–Crippen MR) is 111 cm³/mol. The van der Waals surface area contributed by atoms with Crippen molar-refractivity contribution in [3.8, 4) is 0 Å². The van der Waals surface area contributed by atoms with E-state index in [1.54, 1.807) is 30.3 Å². The first-order valence-corrected chi connectivity index (χ1v) is 9.48. The molecule has 128 valence electrons. The van der Waals surface area contributed by atoms with Crippen LogP contribution in [0, 0.1) is 3.57 Å². The van der Waals surface area contributed by atoms with Gasteiger partial charge in [0.05, 0.1) is 10.7 Å². The van der Waals surface area contributed by atoms with Crippen LogP contribution in [0.25, 0.3) is 0 Å². The maximum absolute atomic E-state index is 12.4. The highest BCUT2D eigenvalue weighted by Crippen LogP contribution is 2.33. The molecular weight excluding hydrogens is 528 g/mol. The summed E-state index contributed by atoms with van der Waals surface area (Å²) in [6.45, 7) is 0. The number of alkyl halides is 3. The van der Waals surface area contributed by atoms with Crippen LogP contribution in [0.5, 0.6) is 0 Å². The molecule has 2 aromatic carbocycles. The molecule has 0 saturated heterocycles. The fourth-order valence-electron chi connectivity index (χ4n) is 1.78. The fourth-order valence-corrected chi connectivity index (χ4v) is 2.93. The van der Waals surface area contributed by atoms with Crippen molar-refractivity contribution in [3.63, 3.8) is 0 Å². The minimum absolute atomic E-state index is 0.338. The van der Waals surface area contributed by atoms with Gasteiger partial charge in [-0.15, -0.1) is 0 Å². The number of rotatable bonds is 4. The van der Waals surface area contributed by atoms with Crippen molar-refractivity contribution >= 4 is 92.2 Å². The van der Waals surface area contributed by atoms with E-state index >= 15 is 0 Å². The van der Waals surface area contributed by atoms with E-state index in [0.29, 0.717) is 21.3 Å². The van der Waals surface area contributed by atoms with Gasteiger partial charge in [0, 0.05) is 14.2 Å². The van der Waals surface area contributed by atoms with Crippen molar-refractivity contribution in [3.05, 3.63) is 61.6 Å². The highest BCUT2D eigenvalue weighted by atomic mass is 127. The third-order valence-corrected chi connectivity index (χ3v) is 4.86. The lowest BCUT2D eigenvalue weighted by Crippen LogP contribution is -2.49. The van der Waals surface area contributed by atoms with E-state index in [9.17, 15) is 4.79 Å². The van der Waals surface area contributed by atoms with Crippen LogP contribution in [0.3, 0.4) is 0 Å². The molecular formula is C15H10Cl5IN2O. The monoisotopic (exact) mass is 536 g/mol. The lowest BCUT2D eigenvalue weighted by Gasteiger charge is -2.28. The van der Waals surface area contributed by atoms with Gasteiger partial charge < -0.3 is 10.6 Å². The van der Waals surface area contributed by atoms with Crippen LogP contribution in [0.15, 0.2) is 42.5 Å². The standard InChI is InChI=1S/C15H10Cl5IN2O/c16-9-3-6-12(11(17)7-9)22-14(15(18,19)20)23-13(24)8-1-4-10(21)5-2-8/h1-7,14,22H,(H,23,24)/t14-/m0/s1. The molecule has 0 saturated carbocycles. The van der Waals surface area contributed by atoms with E-state index in [1.807, 2.05) is 12.1 Å². The molecule has 0 radical (unpaired) electrons. The molecule has 0 aliphatic heterocycles. The Hall–Kier alpha value is -0.110. The Morgan fingerprint density at radius 3 is 2.21 bits per heavy atom. The first-order valence-electron chi connectivity index (χ1n) is 6.51. The topological polar surface area (TPSA) is 41.1 Å². The largest absolute Gasteiger partial charge is 0.361 e. The maximum Gasteiger partial charge on any atom is 0.252 e. The average molecular weight is 538 g/mol. The smallest absolute Gasteiger partial charge is 0.252 e. The average Bonchev–Trinajstić information content (AvgIpc) is 2.48. The minimum Gasteiger partial charge on any atom is -0.361 e. The Balaban J connectivity index is 2.19. The molecule has 2 N–H and O–H groups in total. The van der Waals surface area contributed by atoms with Gasteiger partial charge in [0.2, 0.25) is 3.79 Å². The predicted octanol–water partition coefficient (Wildman–Crippen LogP) is 6.14. The van der Waals surface area contributed by atoms with Crippen LogP contribution in [-0.2, 0) is 0 Å². The molecule has 0 heterocycles. The van der Waals surface area contributed by atoms with Gasteiger partial charge in [0.25, 0.3) is 5.91 Å². The normalized spacial score (nSPS) is 12.6. The summed E-state index contributed by atoms with van der Waals surface area (Å²) < 4.78 is -0.796. The molecule has 1 amide bonds. The SMILES string of the molecule is O=C(N[C@H](Nc1ccc(Cl)cc1Cl)C(Cl)(Cl)Cl)c1ccc(I)cc1. The van der Waals surface area contributed by atoms with Gasteiger partial charge in [-0.2, -0.15) is 0 Å². The number of nitrogens with one attached hydrogen (secondary N) is 2. The first-order chi connectivity index (χ1) is 11.2. The van der Waals surface area contributed by atoms with Gasteiger partial charge in [0.15, 0.2) is 0 Å². The molecule has 2 aromatic rings. The Kier molecular flexibility index (Phi) is 7.17. The van der Waals surface area contributed by atoms with Crippen molar-refractivity contribution in [2.75, 3.05) is 5.32 Å². The number of hydrogen-bond acceptors (Lipinski definition) is 2. The lowest BCUT2D eigenvalue weighted by atomic mass is 10.2. The fraction of sp³-hybridized carbons (Fsp3) is 0.133. The van der Waals surface area contributed by atoms with E-state index in [-0.39, 0.29) is 5.91 Å². The zero-order valence-corrected chi connectivity index (χ0v) is 17.7. The molecule has 0 spiro atoms. The third-order valence-electron chi connectivity index (χ3n) is 2.94. The van der Waals surface area contributed by atoms with Gasteiger partial charge in [-0.1, -0.05) is 58.0 Å². The van der Waals surface area contributed by atoms with Crippen molar-refractivity contribution in [2.45, 2.75) is 9.96 Å².